The summed E-state index contributed by atoms with van der Waals surface area (Å²) in [4.78, 5) is 11.5. The summed E-state index contributed by atoms with van der Waals surface area (Å²) < 4.78 is 14.0. The summed E-state index contributed by atoms with van der Waals surface area (Å²) in [5, 5.41) is 10.9. The molecule has 3 aromatic rings. The van der Waals surface area contributed by atoms with Crippen molar-refractivity contribution in [1.29, 1.82) is 0 Å². The van der Waals surface area contributed by atoms with E-state index in [2.05, 4.69) is 0 Å². The molecule has 0 aliphatic rings. The Hall–Kier alpha value is -2.64. The first-order chi connectivity index (χ1) is 11.6. The van der Waals surface area contributed by atoms with Crippen LogP contribution in [0.3, 0.4) is 0 Å². The van der Waals surface area contributed by atoms with Crippen molar-refractivity contribution >= 4 is 23.7 Å². The third-order valence-electron chi connectivity index (χ3n) is 3.99. The van der Waals surface area contributed by atoms with Gasteiger partial charge in [-0.25, -0.2) is 4.79 Å². The fourth-order valence-corrected chi connectivity index (χ4v) is 5.50. The van der Waals surface area contributed by atoms with Crippen molar-refractivity contribution < 1.29 is 14.5 Å². The zero-order valence-corrected chi connectivity index (χ0v) is 13.9. The highest BCUT2D eigenvalue weighted by atomic mass is 31.2. The largest absolute Gasteiger partial charge is 0.478 e. The molecular formula is C20H17O3P. The number of rotatable bonds is 5. The molecule has 0 fully saturated rings. The van der Waals surface area contributed by atoms with Crippen molar-refractivity contribution in [2.75, 3.05) is 0 Å². The fourth-order valence-electron chi connectivity index (χ4n) is 2.78. The second-order valence-electron chi connectivity index (χ2n) is 5.53. The average Bonchev–Trinajstić information content (AvgIpc) is 2.63. The summed E-state index contributed by atoms with van der Waals surface area (Å²) in [7, 11) is -2.98. The number of benzene rings is 3. The Balaban J connectivity index is 2.15. The maximum Gasteiger partial charge on any atom is 0.335 e. The molecule has 0 aliphatic heterocycles. The molecule has 120 valence electrons. The topological polar surface area (TPSA) is 54.4 Å². The van der Waals surface area contributed by atoms with Gasteiger partial charge in [0.15, 0.2) is 0 Å². The predicted molar refractivity (Wildman–Crippen MR) is 96.9 cm³/mol. The second-order valence-corrected chi connectivity index (χ2v) is 8.36. The normalized spacial score (nSPS) is 11.2. The monoisotopic (exact) mass is 336 g/mol. The van der Waals surface area contributed by atoms with Gasteiger partial charge in [0.25, 0.3) is 0 Å². The van der Waals surface area contributed by atoms with Crippen molar-refractivity contribution in [2.24, 2.45) is 0 Å². The molecule has 0 heterocycles. The van der Waals surface area contributed by atoms with Gasteiger partial charge >= 0.3 is 5.97 Å². The van der Waals surface area contributed by atoms with Crippen molar-refractivity contribution in [3.8, 4) is 0 Å². The van der Waals surface area contributed by atoms with Crippen molar-refractivity contribution in [3.63, 3.8) is 0 Å². The molecule has 0 radical (unpaired) electrons. The molecule has 0 aromatic heterocycles. The van der Waals surface area contributed by atoms with Crippen LogP contribution in [0.1, 0.15) is 15.9 Å². The first-order valence-corrected chi connectivity index (χ1v) is 9.52. The molecule has 0 atom stereocenters. The van der Waals surface area contributed by atoms with Gasteiger partial charge in [0.05, 0.1) is 5.56 Å². The molecule has 0 amide bonds. The van der Waals surface area contributed by atoms with Crippen LogP contribution < -0.4 is 10.6 Å². The minimum atomic E-state index is -2.98. The molecule has 0 aliphatic carbocycles. The van der Waals surface area contributed by atoms with Gasteiger partial charge in [-0.15, -0.1) is 0 Å². The SMILES string of the molecule is O=C(O)c1ccccc1CP(=O)(c1ccccc1)c1ccccc1. The van der Waals surface area contributed by atoms with Gasteiger partial charge in [-0.3, -0.25) is 0 Å². The van der Waals surface area contributed by atoms with Crippen LogP contribution in [0.4, 0.5) is 0 Å². The molecule has 0 saturated heterocycles. The van der Waals surface area contributed by atoms with Crippen LogP contribution in [0.2, 0.25) is 0 Å². The Morgan fingerprint density at radius 2 is 1.21 bits per heavy atom. The number of aromatic carboxylic acids is 1. The Labute approximate surface area is 141 Å². The minimum Gasteiger partial charge on any atom is -0.478 e. The lowest BCUT2D eigenvalue weighted by molar-refractivity contribution is 0.0696. The fraction of sp³-hybridized carbons (Fsp3) is 0.0500. The average molecular weight is 336 g/mol. The van der Waals surface area contributed by atoms with Crippen LogP contribution >= 0.6 is 7.14 Å². The summed E-state index contributed by atoms with van der Waals surface area (Å²) in [6.45, 7) is 0. The van der Waals surface area contributed by atoms with E-state index in [-0.39, 0.29) is 11.7 Å². The molecule has 3 aromatic carbocycles. The highest BCUT2D eigenvalue weighted by Crippen LogP contribution is 2.47. The second kappa shape index (κ2) is 6.86. The first-order valence-electron chi connectivity index (χ1n) is 7.63. The number of hydrogen-bond acceptors (Lipinski definition) is 2. The first kappa shape index (κ1) is 16.2. The van der Waals surface area contributed by atoms with Crippen LogP contribution in [0, 0.1) is 0 Å². The van der Waals surface area contributed by atoms with E-state index in [0.29, 0.717) is 5.56 Å². The smallest absolute Gasteiger partial charge is 0.335 e. The Bertz CT molecular complexity index is 846. The number of carboxylic acid groups (broad SMARTS) is 1. The van der Waals surface area contributed by atoms with Gasteiger partial charge in [-0.05, 0) is 11.6 Å². The predicted octanol–water partition coefficient (Wildman–Crippen LogP) is 3.90. The summed E-state index contributed by atoms with van der Waals surface area (Å²) in [6, 6.07) is 25.3. The molecule has 24 heavy (non-hydrogen) atoms. The number of carbonyl (C=O) groups is 1. The van der Waals surface area contributed by atoms with E-state index in [1.807, 2.05) is 60.7 Å². The van der Waals surface area contributed by atoms with Crippen LogP contribution in [0.15, 0.2) is 84.9 Å². The van der Waals surface area contributed by atoms with E-state index in [0.717, 1.165) is 10.6 Å². The molecule has 0 spiro atoms. The molecule has 0 unspecified atom stereocenters. The Morgan fingerprint density at radius 1 is 0.750 bits per heavy atom. The molecule has 0 bridgehead atoms. The van der Waals surface area contributed by atoms with E-state index in [9.17, 15) is 14.5 Å². The van der Waals surface area contributed by atoms with Crippen LogP contribution in [0.5, 0.6) is 0 Å². The van der Waals surface area contributed by atoms with Gasteiger partial charge in [0, 0.05) is 16.8 Å². The van der Waals surface area contributed by atoms with E-state index in [4.69, 9.17) is 0 Å². The molecule has 3 nitrogen and oxygen atoms in total. The molecule has 0 saturated carbocycles. The highest BCUT2D eigenvalue weighted by molar-refractivity contribution is 7.78. The van der Waals surface area contributed by atoms with Crippen molar-refractivity contribution in [2.45, 2.75) is 6.16 Å². The van der Waals surface area contributed by atoms with Crippen LogP contribution in [-0.2, 0) is 10.7 Å². The zero-order valence-electron chi connectivity index (χ0n) is 13.0. The Morgan fingerprint density at radius 3 is 1.71 bits per heavy atom. The minimum absolute atomic E-state index is 0.184. The van der Waals surface area contributed by atoms with Crippen LogP contribution in [-0.4, -0.2) is 11.1 Å². The summed E-state index contributed by atoms with van der Waals surface area (Å²) in [6.07, 6.45) is 0.184. The molecule has 3 rings (SSSR count). The van der Waals surface area contributed by atoms with Gasteiger partial charge in [-0.1, -0.05) is 78.9 Å². The van der Waals surface area contributed by atoms with Gasteiger partial charge < -0.3 is 9.67 Å². The lowest BCUT2D eigenvalue weighted by Crippen LogP contribution is -2.18. The maximum absolute atomic E-state index is 14.0. The van der Waals surface area contributed by atoms with E-state index < -0.39 is 13.1 Å². The summed E-state index contributed by atoms with van der Waals surface area (Å²) >= 11 is 0. The van der Waals surface area contributed by atoms with Gasteiger partial charge in [0.1, 0.15) is 7.14 Å². The van der Waals surface area contributed by atoms with E-state index in [1.54, 1.807) is 24.3 Å². The third-order valence-corrected chi connectivity index (χ3v) is 7.04. The van der Waals surface area contributed by atoms with Gasteiger partial charge in [-0.2, -0.15) is 0 Å². The third kappa shape index (κ3) is 3.17. The molecule has 4 heteroatoms. The van der Waals surface area contributed by atoms with E-state index in [1.165, 1.54) is 0 Å². The summed E-state index contributed by atoms with van der Waals surface area (Å²) in [5.74, 6) is -1.00. The van der Waals surface area contributed by atoms with Crippen molar-refractivity contribution in [1.82, 2.24) is 0 Å². The number of hydrogen-bond donors (Lipinski definition) is 1. The van der Waals surface area contributed by atoms with Crippen LogP contribution in [0.25, 0.3) is 0 Å². The standard InChI is InChI=1S/C20H17O3P/c21-20(22)19-14-8-7-9-16(19)15-24(23,17-10-3-1-4-11-17)18-12-5-2-6-13-18/h1-14H,15H2,(H,21,22). The molecular weight excluding hydrogens is 319 g/mol. The molecule has 1 N–H and O–H groups in total. The summed E-state index contributed by atoms with van der Waals surface area (Å²) in [5.41, 5.74) is 0.783. The van der Waals surface area contributed by atoms with Gasteiger partial charge in [0.2, 0.25) is 0 Å². The van der Waals surface area contributed by atoms with Crippen molar-refractivity contribution in [3.05, 3.63) is 96.1 Å². The van der Waals surface area contributed by atoms with E-state index >= 15 is 0 Å². The maximum atomic E-state index is 14.0. The lowest BCUT2D eigenvalue weighted by atomic mass is 10.1. The lowest BCUT2D eigenvalue weighted by Gasteiger charge is -2.20. The zero-order chi connectivity index (χ0) is 17.0. The highest BCUT2D eigenvalue weighted by Gasteiger charge is 2.29. The Kier molecular flexibility index (Phi) is 4.64. The number of carboxylic acids is 1. The quantitative estimate of drug-likeness (QED) is 0.719.